The average molecular weight is 381 g/mol. The predicted molar refractivity (Wildman–Crippen MR) is 107 cm³/mol. The summed E-state index contributed by atoms with van der Waals surface area (Å²) in [5, 5.41) is 0. The van der Waals surface area contributed by atoms with Gasteiger partial charge in [0.25, 0.3) is 5.91 Å². The lowest BCUT2D eigenvalue weighted by molar-refractivity contribution is 0.0728. The molecule has 0 fully saturated rings. The summed E-state index contributed by atoms with van der Waals surface area (Å²) in [6, 6.07) is 13.8. The summed E-state index contributed by atoms with van der Waals surface area (Å²) in [4.78, 5) is 17.1. The van der Waals surface area contributed by atoms with Gasteiger partial charge >= 0.3 is 0 Å². The van der Waals surface area contributed by atoms with Crippen LogP contribution in [0, 0.1) is 5.92 Å². The lowest BCUT2D eigenvalue weighted by Crippen LogP contribution is -2.31. The Kier molecular flexibility index (Phi) is 5.03. The van der Waals surface area contributed by atoms with Gasteiger partial charge < -0.3 is 14.1 Å². The Labute approximate surface area is 163 Å². The van der Waals surface area contributed by atoms with E-state index in [0.717, 1.165) is 38.8 Å². The number of ether oxygens (including phenoxy) is 1. The van der Waals surface area contributed by atoms with Crippen LogP contribution in [0.2, 0.25) is 0 Å². The fraction of sp³-hybridized carbons (Fsp3) is 0.318. The molecule has 0 atom stereocenters. The van der Waals surface area contributed by atoms with Crippen LogP contribution < -0.4 is 4.74 Å². The summed E-state index contributed by atoms with van der Waals surface area (Å²) in [6.45, 7) is 6.07. The Morgan fingerprint density at radius 3 is 2.85 bits per heavy atom. The minimum Gasteiger partial charge on any atom is -0.488 e. The van der Waals surface area contributed by atoms with Gasteiger partial charge in [-0.2, -0.15) is 0 Å². The smallest absolute Gasteiger partial charge is 0.264 e. The van der Waals surface area contributed by atoms with E-state index in [0.29, 0.717) is 25.6 Å². The molecule has 0 radical (unpaired) electrons. The van der Waals surface area contributed by atoms with Gasteiger partial charge in [0.05, 0.1) is 17.7 Å². The second-order valence-corrected chi connectivity index (χ2v) is 8.29. The normalized spacial score (nSPS) is 12.4. The van der Waals surface area contributed by atoms with Crippen LogP contribution in [0.15, 0.2) is 53.1 Å². The molecule has 27 heavy (non-hydrogen) atoms. The third kappa shape index (κ3) is 3.78. The molecule has 140 valence electrons. The summed E-state index contributed by atoms with van der Waals surface area (Å²) >= 11 is 1.56. The Bertz CT molecular complexity index is 927. The fourth-order valence-electron chi connectivity index (χ4n) is 3.22. The number of furan rings is 1. The van der Waals surface area contributed by atoms with Gasteiger partial charge in [0.1, 0.15) is 18.1 Å². The largest absolute Gasteiger partial charge is 0.488 e. The highest BCUT2D eigenvalue weighted by atomic mass is 32.1. The van der Waals surface area contributed by atoms with Crippen LogP contribution in [-0.4, -0.2) is 17.4 Å². The maximum Gasteiger partial charge on any atom is 0.264 e. The molecule has 4 nitrogen and oxygen atoms in total. The van der Waals surface area contributed by atoms with Crippen molar-refractivity contribution in [2.24, 2.45) is 5.92 Å². The molecule has 1 aliphatic rings. The Morgan fingerprint density at radius 2 is 2.07 bits per heavy atom. The third-order valence-electron chi connectivity index (χ3n) is 4.73. The maximum atomic E-state index is 13.3. The summed E-state index contributed by atoms with van der Waals surface area (Å²) in [5.74, 6) is 2.29. The number of para-hydroxylation sites is 1. The molecule has 0 aliphatic carbocycles. The van der Waals surface area contributed by atoms with Crippen LogP contribution in [0.4, 0.5) is 0 Å². The van der Waals surface area contributed by atoms with Crippen LogP contribution in [0.3, 0.4) is 0 Å². The minimum absolute atomic E-state index is 0.0592. The van der Waals surface area contributed by atoms with E-state index in [1.54, 1.807) is 17.6 Å². The molecule has 1 amide bonds. The van der Waals surface area contributed by atoms with Crippen molar-refractivity contribution in [1.82, 2.24) is 4.90 Å². The molecule has 0 unspecified atom stereocenters. The van der Waals surface area contributed by atoms with Crippen LogP contribution in [0.25, 0.3) is 10.4 Å². The topological polar surface area (TPSA) is 42.7 Å². The number of benzene rings is 1. The van der Waals surface area contributed by atoms with Crippen LogP contribution in [0.1, 0.15) is 41.3 Å². The molecule has 3 aromatic rings. The molecular weight excluding hydrogens is 358 g/mol. The van der Waals surface area contributed by atoms with E-state index in [2.05, 4.69) is 19.9 Å². The van der Waals surface area contributed by atoms with Crippen molar-refractivity contribution in [1.29, 1.82) is 0 Å². The van der Waals surface area contributed by atoms with Crippen LogP contribution in [-0.2, 0) is 13.2 Å². The standard InChI is InChI=1S/C22H23NO3S/c1-15(2)9-10-23(13-17-6-5-11-25-17)22(24)20-12-16-14-26-19-8-4-3-7-18(19)21(16)27-20/h3-8,11-12,15H,9-10,13-14H2,1-2H3. The molecule has 5 heteroatoms. The first-order chi connectivity index (χ1) is 13.1. The van der Waals surface area contributed by atoms with Crippen molar-refractivity contribution >= 4 is 17.2 Å². The molecule has 0 saturated carbocycles. The van der Waals surface area contributed by atoms with Crippen molar-refractivity contribution in [2.75, 3.05) is 6.54 Å². The third-order valence-corrected chi connectivity index (χ3v) is 5.92. The first kappa shape index (κ1) is 17.9. The van der Waals surface area contributed by atoms with E-state index in [-0.39, 0.29) is 5.91 Å². The van der Waals surface area contributed by atoms with Crippen molar-refractivity contribution in [3.63, 3.8) is 0 Å². The molecule has 0 spiro atoms. The van der Waals surface area contributed by atoms with Gasteiger partial charge in [-0.3, -0.25) is 4.79 Å². The number of hydrogen-bond donors (Lipinski definition) is 0. The van der Waals surface area contributed by atoms with Gasteiger partial charge in [0, 0.05) is 22.5 Å². The number of carbonyl (C=O) groups excluding carboxylic acids is 1. The first-order valence-electron chi connectivity index (χ1n) is 9.28. The van der Waals surface area contributed by atoms with Crippen molar-refractivity contribution in [3.8, 4) is 16.2 Å². The molecule has 1 aromatic carbocycles. The second-order valence-electron chi connectivity index (χ2n) is 7.24. The predicted octanol–water partition coefficient (Wildman–Crippen LogP) is 5.59. The van der Waals surface area contributed by atoms with Gasteiger partial charge in [-0.1, -0.05) is 26.0 Å². The van der Waals surface area contributed by atoms with E-state index in [1.807, 2.05) is 41.3 Å². The van der Waals surface area contributed by atoms with Crippen molar-refractivity contribution in [3.05, 3.63) is 64.9 Å². The monoisotopic (exact) mass is 381 g/mol. The van der Waals surface area contributed by atoms with E-state index in [4.69, 9.17) is 9.15 Å². The summed E-state index contributed by atoms with van der Waals surface area (Å²) in [7, 11) is 0. The lowest BCUT2D eigenvalue weighted by Gasteiger charge is -2.22. The molecule has 4 rings (SSSR count). The highest BCUT2D eigenvalue weighted by Crippen LogP contribution is 2.42. The zero-order valence-corrected chi connectivity index (χ0v) is 16.4. The molecule has 1 aliphatic heterocycles. The average Bonchev–Trinajstić information content (AvgIpc) is 3.34. The van der Waals surface area contributed by atoms with Gasteiger partial charge in [-0.25, -0.2) is 0 Å². The molecule has 3 heterocycles. The van der Waals surface area contributed by atoms with E-state index < -0.39 is 0 Å². The zero-order chi connectivity index (χ0) is 18.8. The molecule has 0 N–H and O–H groups in total. The lowest BCUT2D eigenvalue weighted by atomic mass is 10.1. The van der Waals surface area contributed by atoms with Crippen LogP contribution in [0.5, 0.6) is 5.75 Å². The highest BCUT2D eigenvalue weighted by Gasteiger charge is 2.25. The SMILES string of the molecule is CC(C)CCN(Cc1ccco1)C(=O)c1cc2c(s1)-c1ccccc1OC2. The Morgan fingerprint density at radius 1 is 1.22 bits per heavy atom. The highest BCUT2D eigenvalue weighted by molar-refractivity contribution is 7.17. The summed E-state index contributed by atoms with van der Waals surface area (Å²) in [6.07, 6.45) is 2.61. The molecule has 0 bridgehead atoms. The number of hydrogen-bond acceptors (Lipinski definition) is 4. The number of nitrogens with zero attached hydrogens (tertiary/aromatic N) is 1. The number of thiophene rings is 1. The van der Waals surface area contributed by atoms with E-state index in [1.165, 1.54) is 0 Å². The number of carbonyl (C=O) groups is 1. The Hall–Kier alpha value is -2.53. The van der Waals surface area contributed by atoms with Gasteiger partial charge in [-0.05, 0) is 42.7 Å². The number of fused-ring (bicyclic) bond motifs is 3. The molecular formula is C22H23NO3S. The summed E-state index contributed by atoms with van der Waals surface area (Å²) in [5.41, 5.74) is 2.16. The number of amides is 1. The van der Waals surface area contributed by atoms with Gasteiger partial charge in [-0.15, -0.1) is 11.3 Å². The Balaban J connectivity index is 1.61. The van der Waals surface area contributed by atoms with E-state index in [9.17, 15) is 4.79 Å². The van der Waals surface area contributed by atoms with Crippen LogP contribution >= 0.6 is 11.3 Å². The molecule has 2 aromatic heterocycles. The van der Waals surface area contributed by atoms with Crippen molar-refractivity contribution < 1.29 is 13.9 Å². The second kappa shape index (κ2) is 7.61. The molecule has 0 saturated heterocycles. The van der Waals surface area contributed by atoms with Gasteiger partial charge in [0.2, 0.25) is 0 Å². The number of rotatable bonds is 6. The van der Waals surface area contributed by atoms with Crippen molar-refractivity contribution in [2.45, 2.75) is 33.4 Å². The minimum atomic E-state index is 0.0592. The first-order valence-corrected chi connectivity index (χ1v) is 10.1. The quantitative estimate of drug-likeness (QED) is 0.559. The van der Waals surface area contributed by atoms with Gasteiger partial charge in [0.15, 0.2) is 0 Å². The fourth-order valence-corrected chi connectivity index (χ4v) is 4.38. The van der Waals surface area contributed by atoms with E-state index >= 15 is 0 Å². The maximum absolute atomic E-state index is 13.3. The zero-order valence-electron chi connectivity index (χ0n) is 15.6. The summed E-state index contributed by atoms with van der Waals surface area (Å²) < 4.78 is 11.3.